The highest BCUT2D eigenvalue weighted by Crippen LogP contribution is 2.21. The Bertz CT molecular complexity index is 664. The second kappa shape index (κ2) is 8.08. The summed E-state index contributed by atoms with van der Waals surface area (Å²) in [6.07, 6.45) is 9.17. The lowest BCUT2D eigenvalue weighted by Gasteiger charge is -2.17. The van der Waals surface area contributed by atoms with Gasteiger partial charge in [0.2, 0.25) is 0 Å². The number of hydrogen-bond acceptors (Lipinski definition) is 3. The summed E-state index contributed by atoms with van der Waals surface area (Å²) in [5.41, 5.74) is 3.57. The fraction of sp³-hybridized carbons (Fsp3) is 0.350. The van der Waals surface area contributed by atoms with E-state index in [9.17, 15) is 5.11 Å². The zero-order valence-corrected chi connectivity index (χ0v) is 14.2. The highest BCUT2D eigenvalue weighted by atomic mass is 16.3. The first kappa shape index (κ1) is 16.7. The molecule has 0 spiro atoms. The number of anilines is 1. The van der Waals surface area contributed by atoms with Gasteiger partial charge in [0.1, 0.15) is 0 Å². The number of nitrogens with zero attached hydrogens (tertiary/aromatic N) is 2. The Morgan fingerprint density at radius 2 is 1.79 bits per heavy atom. The molecule has 1 saturated heterocycles. The number of likely N-dealkylation sites (N-methyl/N-ethyl adjacent to an activating group) is 1. The van der Waals surface area contributed by atoms with Crippen molar-refractivity contribution in [1.82, 2.24) is 5.32 Å². The number of nitrogens with one attached hydrogen (secondary N) is 1. The van der Waals surface area contributed by atoms with Crippen LogP contribution in [0.15, 0.2) is 48.8 Å². The number of aliphatic hydroxyl groups excluding tert-OH is 1. The largest absolute Gasteiger partial charge is 0.391 e. The van der Waals surface area contributed by atoms with Crippen LogP contribution in [0.25, 0.3) is 12.2 Å². The first-order valence-corrected chi connectivity index (χ1v) is 8.59. The SMILES string of the molecule is CNCC[n+]1ccc(C=Cc2ccc(N3CCC(O)C3)cc2)cc1. The van der Waals surface area contributed by atoms with Crippen molar-refractivity contribution in [2.45, 2.75) is 19.1 Å². The summed E-state index contributed by atoms with van der Waals surface area (Å²) in [6.45, 7) is 3.63. The third-order valence-corrected chi connectivity index (χ3v) is 4.43. The Kier molecular flexibility index (Phi) is 5.62. The number of pyridine rings is 1. The second-order valence-corrected chi connectivity index (χ2v) is 6.29. The van der Waals surface area contributed by atoms with E-state index in [1.807, 2.05) is 7.05 Å². The number of aliphatic hydroxyl groups is 1. The molecule has 2 N–H and O–H groups in total. The highest BCUT2D eigenvalue weighted by Gasteiger charge is 2.19. The van der Waals surface area contributed by atoms with Crippen LogP contribution in [0.5, 0.6) is 0 Å². The summed E-state index contributed by atoms with van der Waals surface area (Å²) < 4.78 is 2.17. The van der Waals surface area contributed by atoms with E-state index in [-0.39, 0.29) is 6.10 Å². The summed E-state index contributed by atoms with van der Waals surface area (Å²) >= 11 is 0. The fourth-order valence-corrected chi connectivity index (χ4v) is 2.93. The zero-order chi connectivity index (χ0) is 16.8. The third kappa shape index (κ3) is 4.43. The molecule has 0 aliphatic carbocycles. The molecule has 0 saturated carbocycles. The Morgan fingerprint density at radius 1 is 1.12 bits per heavy atom. The minimum absolute atomic E-state index is 0.182. The Morgan fingerprint density at radius 3 is 2.38 bits per heavy atom. The van der Waals surface area contributed by atoms with Crippen molar-refractivity contribution in [3.63, 3.8) is 0 Å². The minimum atomic E-state index is -0.182. The molecule has 0 bridgehead atoms. The molecule has 4 heteroatoms. The van der Waals surface area contributed by atoms with E-state index < -0.39 is 0 Å². The molecule has 3 rings (SSSR count). The van der Waals surface area contributed by atoms with E-state index in [2.05, 4.69) is 75.7 Å². The molecule has 1 atom stereocenters. The fourth-order valence-electron chi connectivity index (χ4n) is 2.93. The van der Waals surface area contributed by atoms with Gasteiger partial charge >= 0.3 is 0 Å². The maximum absolute atomic E-state index is 9.63. The quantitative estimate of drug-likeness (QED) is 0.798. The average molecular weight is 324 g/mol. The molecule has 24 heavy (non-hydrogen) atoms. The lowest BCUT2D eigenvalue weighted by molar-refractivity contribution is -0.695. The van der Waals surface area contributed by atoms with E-state index in [0.717, 1.165) is 32.6 Å². The van der Waals surface area contributed by atoms with Gasteiger partial charge in [-0.15, -0.1) is 0 Å². The average Bonchev–Trinajstić information content (AvgIpc) is 3.06. The van der Waals surface area contributed by atoms with Gasteiger partial charge < -0.3 is 15.3 Å². The smallest absolute Gasteiger partial charge is 0.169 e. The van der Waals surface area contributed by atoms with Crippen molar-refractivity contribution in [3.8, 4) is 0 Å². The van der Waals surface area contributed by atoms with Gasteiger partial charge in [-0.25, -0.2) is 4.57 Å². The Labute approximate surface area is 144 Å². The van der Waals surface area contributed by atoms with Crippen LogP contribution in [0, 0.1) is 0 Å². The van der Waals surface area contributed by atoms with Crippen LogP contribution in [-0.4, -0.2) is 37.9 Å². The maximum atomic E-state index is 9.63. The lowest BCUT2D eigenvalue weighted by atomic mass is 10.1. The molecule has 1 aliphatic rings. The van der Waals surface area contributed by atoms with Gasteiger partial charge in [-0.1, -0.05) is 24.3 Å². The molecule has 4 nitrogen and oxygen atoms in total. The number of hydrogen-bond donors (Lipinski definition) is 2. The molecule has 1 fully saturated rings. The predicted octanol–water partition coefficient (Wildman–Crippen LogP) is 1.93. The van der Waals surface area contributed by atoms with Crippen molar-refractivity contribution in [2.24, 2.45) is 0 Å². The lowest BCUT2D eigenvalue weighted by Crippen LogP contribution is -2.37. The number of benzene rings is 1. The first-order chi connectivity index (χ1) is 11.7. The number of rotatable bonds is 6. The van der Waals surface area contributed by atoms with E-state index in [1.165, 1.54) is 16.8 Å². The van der Waals surface area contributed by atoms with E-state index >= 15 is 0 Å². The normalized spacial score (nSPS) is 17.8. The molecular formula is C20H26N3O+. The van der Waals surface area contributed by atoms with Crippen LogP contribution >= 0.6 is 0 Å². The molecule has 2 aromatic rings. The topological polar surface area (TPSA) is 39.4 Å². The van der Waals surface area contributed by atoms with Crippen LogP contribution in [-0.2, 0) is 6.54 Å². The van der Waals surface area contributed by atoms with Gasteiger partial charge in [-0.3, -0.25) is 0 Å². The van der Waals surface area contributed by atoms with E-state index in [0.29, 0.717) is 0 Å². The van der Waals surface area contributed by atoms with E-state index in [4.69, 9.17) is 0 Å². The van der Waals surface area contributed by atoms with E-state index in [1.54, 1.807) is 0 Å². The van der Waals surface area contributed by atoms with Crippen LogP contribution in [0.1, 0.15) is 17.5 Å². The van der Waals surface area contributed by atoms with Crippen LogP contribution in [0.4, 0.5) is 5.69 Å². The van der Waals surface area contributed by atoms with Crippen molar-refractivity contribution in [2.75, 3.05) is 31.6 Å². The standard InChI is InChI=1S/C20H26N3O/c1-21-11-15-22-12-8-18(9-13-22)3-2-17-4-6-19(7-5-17)23-14-10-20(24)16-23/h2-9,12-13,20-21,24H,10-11,14-16H2,1H3/q+1. The van der Waals surface area contributed by atoms with Gasteiger partial charge in [0.25, 0.3) is 0 Å². The minimum Gasteiger partial charge on any atom is -0.391 e. The van der Waals surface area contributed by atoms with Crippen LogP contribution < -0.4 is 14.8 Å². The molecule has 1 unspecified atom stereocenters. The first-order valence-electron chi connectivity index (χ1n) is 8.59. The summed E-state index contributed by atoms with van der Waals surface area (Å²) in [6, 6.07) is 12.8. The molecule has 126 valence electrons. The molecule has 0 amide bonds. The predicted molar refractivity (Wildman–Crippen MR) is 98.8 cm³/mol. The Balaban J connectivity index is 1.60. The molecule has 1 aromatic heterocycles. The van der Waals surface area contributed by atoms with Crippen molar-refractivity contribution in [1.29, 1.82) is 0 Å². The number of aromatic nitrogens is 1. The van der Waals surface area contributed by atoms with Gasteiger partial charge in [-0.05, 0) is 36.7 Å². The van der Waals surface area contributed by atoms with Crippen molar-refractivity contribution < 1.29 is 9.67 Å². The summed E-state index contributed by atoms with van der Waals surface area (Å²) in [4.78, 5) is 2.24. The third-order valence-electron chi connectivity index (χ3n) is 4.43. The van der Waals surface area contributed by atoms with Crippen LogP contribution in [0.2, 0.25) is 0 Å². The Hall–Kier alpha value is -2.17. The maximum Gasteiger partial charge on any atom is 0.169 e. The molecule has 1 aromatic carbocycles. The van der Waals surface area contributed by atoms with Gasteiger partial charge in [0, 0.05) is 30.9 Å². The van der Waals surface area contributed by atoms with Gasteiger partial charge in [0.05, 0.1) is 12.6 Å². The van der Waals surface area contributed by atoms with Gasteiger partial charge in [-0.2, -0.15) is 0 Å². The van der Waals surface area contributed by atoms with Crippen molar-refractivity contribution >= 4 is 17.8 Å². The number of β-amino-alcohol motifs (C(OH)–C–C–N with tert-alkyl or cyclic N) is 1. The zero-order valence-electron chi connectivity index (χ0n) is 14.2. The molecular weight excluding hydrogens is 298 g/mol. The van der Waals surface area contributed by atoms with Crippen molar-refractivity contribution in [3.05, 3.63) is 59.9 Å². The monoisotopic (exact) mass is 324 g/mol. The summed E-state index contributed by atoms with van der Waals surface area (Å²) in [7, 11) is 1.97. The highest BCUT2D eigenvalue weighted by molar-refractivity contribution is 5.70. The molecule has 2 heterocycles. The summed E-state index contributed by atoms with van der Waals surface area (Å²) in [5, 5.41) is 12.8. The van der Waals surface area contributed by atoms with Crippen LogP contribution in [0.3, 0.4) is 0 Å². The summed E-state index contributed by atoms with van der Waals surface area (Å²) in [5.74, 6) is 0. The molecule has 1 aliphatic heterocycles. The molecule has 0 radical (unpaired) electrons. The second-order valence-electron chi connectivity index (χ2n) is 6.29. The van der Waals surface area contributed by atoms with Gasteiger partial charge in [0.15, 0.2) is 18.9 Å².